The summed E-state index contributed by atoms with van der Waals surface area (Å²) in [4.78, 5) is 0. The van der Waals surface area contributed by atoms with Crippen LogP contribution < -0.4 is 5.32 Å². The van der Waals surface area contributed by atoms with Crippen molar-refractivity contribution >= 4 is 0 Å². The SMILES string of the molecule is CCC(CO)NC(C(C)C)C(O)c1ccc(C)c(C)c1. The standard InChI is InChI=1S/C17H29NO2/c1-6-15(10-19)18-16(11(2)3)17(20)14-8-7-12(4)13(5)9-14/h7-9,11,15-20H,6,10H2,1-5H3. The van der Waals surface area contributed by atoms with E-state index in [0.29, 0.717) is 0 Å². The Hall–Kier alpha value is -0.900. The summed E-state index contributed by atoms with van der Waals surface area (Å²) in [6.07, 6.45) is 0.286. The molecule has 1 aromatic rings. The predicted molar refractivity (Wildman–Crippen MR) is 83.8 cm³/mol. The molecule has 0 bridgehead atoms. The minimum absolute atomic E-state index is 0.0311. The van der Waals surface area contributed by atoms with Crippen molar-refractivity contribution in [1.82, 2.24) is 5.32 Å². The molecule has 3 heteroatoms. The summed E-state index contributed by atoms with van der Waals surface area (Å²) < 4.78 is 0. The lowest BCUT2D eigenvalue weighted by atomic mass is 9.91. The number of aliphatic hydroxyl groups is 2. The maximum Gasteiger partial charge on any atom is 0.0945 e. The predicted octanol–water partition coefficient (Wildman–Crippen LogP) is 2.72. The van der Waals surface area contributed by atoms with Gasteiger partial charge in [-0.2, -0.15) is 0 Å². The Morgan fingerprint density at radius 1 is 1.15 bits per heavy atom. The van der Waals surface area contributed by atoms with Gasteiger partial charge in [-0.1, -0.05) is 39.0 Å². The molecule has 0 heterocycles. The third kappa shape index (κ3) is 4.30. The summed E-state index contributed by atoms with van der Waals surface area (Å²) in [6.45, 7) is 10.4. The molecule has 0 amide bonds. The van der Waals surface area contributed by atoms with E-state index in [1.807, 2.05) is 13.0 Å². The molecule has 3 atom stereocenters. The molecule has 0 saturated carbocycles. The Kier molecular flexibility index (Phi) is 6.66. The van der Waals surface area contributed by atoms with Crippen molar-refractivity contribution < 1.29 is 10.2 Å². The molecule has 0 aliphatic heterocycles. The molecular formula is C17H29NO2. The summed E-state index contributed by atoms with van der Waals surface area (Å²) >= 11 is 0. The Labute approximate surface area is 123 Å². The normalized spacial score (nSPS) is 16.2. The van der Waals surface area contributed by atoms with Gasteiger partial charge in [-0.15, -0.1) is 0 Å². The zero-order chi connectivity index (χ0) is 15.3. The Bertz CT molecular complexity index is 413. The maximum absolute atomic E-state index is 10.7. The number of hydrogen-bond acceptors (Lipinski definition) is 3. The van der Waals surface area contributed by atoms with Crippen LogP contribution in [0.2, 0.25) is 0 Å². The lowest BCUT2D eigenvalue weighted by Gasteiger charge is -2.31. The van der Waals surface area contributed by atoms with Crippen LogP contribution in [0.1, 0.15) is 50.0 Å². The van der Waals surface area contributed by atoms with Crippen molar-refractivity contribution in [2.45, 2.75) is 59.2 Å². The van der Waals surface area contributed by atoms with E-state index in [-0.39, 0.29) is 24.6 Å². The van der Waals surface area contributed by atoms with E-state index in [9.17, 15) is 10.2 Å². The molecule has 3 nitrogen and oxygen atoms in total. The Balaban J connectivity index is 2.92. The lowest BCUT2D eigenvalue weighted by molar-refractivity contribution is 0.0886. The van der Waals surface area contributed by atoms with Crippen LogP contribution in [-0.2, 0) is 0 Å². The van der Waals surface area contributed by atoms with E-state index in [1.54, 1.807) is 0 Å². The molecule has 114 valence electrons. The van der Waals surface area contributed by atoms with Crippen LogP contribution >= 0.6 is 0 Å². The summed E-state index contributed by atoms with van der Waals surface area (Å²) in [7, 11) is 0. The van der Waals surface area contributed by atoms with Gasteiger partial charge in [0.05, 0.1) is 12.7 Å². The van der Waals surface area contributed by atoms with Crippen LogP contribution in [0.4, 0.5) is 0 Å². The first-order valence-electron chi connectivity index (χ1n) is 7.52. The molecule has 0 aliphatic carbocycles. The van der Waals surface area contributed by atoms with Gasteiger partial charge in [-0.3, -0.25) is 0 Å². The van der Waals surface area contributed by atoms with Crippen LogP contribution in [0.25, 0.3) is 0 Å². The summed E-state index contributed by atoms with van der Waals surface area (Å²) in [5, 5.41) is 23.4. The molecule has 0 saturated heterocycles. The van der Waals surface area contributed by atoms with Gasteiger partial charge in [0.2, 0.25) is 0 Å². The van der Waals surface area contributed by atoms with Crippen LogP contribution in [-0.4, -0.2) is 28.9 Å². The third-order valence-electron chi connectivity index (χ3n) is 4.07. The van der Waals surface area contributed by atoms with Gasteiger partial charge in [-0.05, 0) is 42.9 Å². The van der Waals surface area contributed by atoms with Crippen molar-refractivity contribution in [1.29, 1.82) is 0 Å². The molecule has 3 unspecified atom stereocenters. The first-order valence-corrected chi connectivity index (χ1v) is 7.52. The number of aliphatic hydroxyl groups excluding tert-OH is 2. The van der Waals surface area contributed by atoms with Crippen LogP contribution in [0.5, 0.6) is 0 Å². The highest BCUT2D eigenvalue weighted by Gasteiger charge is 2.26. The lowest BCUT2D eigenvalue weighted by Crippen LogP contribution is -2.46. The van der Waals surface area contributed by atoms with Crippen LogP contribution in [0.15, 0.2) is 18.2 Å². The van der Waals surface area contributed by atoms with E-state index in [4.69, 9.17) is 0 Å². The number of nitrogens with one attached hydrogen (secondary N) is 1. The number of aryl methyl sites for hydroxylation is 2. The average Bonchev–Trinajstić information content (AvgIpc) is 2.42. The molecular weight excluding hydrogens is 250 g/mol. The maximum atomic E-state index is 10.7. The second-order valence-electron chi connectivity index (χ2n) is 6.01. The van der Waals surface area contributed by atoms with Crippen LogP contribution in [0, 0.1) is 19.8 Å². The van der Waals surface area contributed by atoms with Gasteiger partial charge in [0.15, 0.2) is 0 Å². The summed E-state index contributed by atoms with van der Waals surface area (Å²) in [6, 6.07) is 6.06. The van der Waals surface area contributed by atoms with Crippen molar-refractivity contribution in [3.8, 4) is 0 Å². The van der Waals surface area contributed by atoms with Crippen molar-refractivity contribution in [2.24, 2.45) is 5.92 Å². The van der Waals surface area contributed by atoms with Gasteiger partial charge < -0.3 is 15.5 Å². The van der Waals surface area contributed by atoms with Gasteiger partial charge in [-0.25, -0.2) is 0 Å². The summed E-state index contributed by atoms with van der Waals surface area (Å²) in [5.74, 6) is 0.284. The number of rotatable bonds is 7. The molecule has 0 spiro atoms. The van der Waals surface area contributed by atoms with E-state index in [1.165, 1.54) is 11.1 Å². The largest absolute Gasteiger partial charge is 0.395 e. The molecule has 1 aromatic carbocycles. The topological polar surface area (TPSA) is 52.5 Å². The monoisotopic (exact) mass is 279 g/mol. The van der Waals surface area contributed by atoms with Gasteiger partial charge in [0.25, 0.3) is 0 Å². The minimum atomic E-state index is -0.560. The molecule has 0 radical (unpaired) electrons. The molecule has 0 aromatic heterocycles. The molecule has 1 rings (SSSR count). The smallest absolute Gasteiger partial charge is 0.0945 e. The second-order valence-corrected chi connectivity index (χ2v) is 6.01. The zero-order valence-electron chi connectivity index (χ0n) is 13.4. The molecule has 0 fully saturated rings. The Morgan fingerprint density at radius 3 is 2.25 bits per heavy atom. The number of hydrogen-bond donors (Lipinski definition) is 3. The Morgan fingerprint density at radius 2 is 1.80 bits per heavy atom. The van der Waals surface area contributed by atoms with Crippen molar-refractivity contribution in [3.63, 3.8) is 0 Å². The van der Waals surface area contributed by atoms with Crippen molar-refractivity contribution in [2.75, 3.05) is 6.61 Å². The molecule has 0 aliphatic rings. The highest BCUT2D eigenvalue weighted by Crippen LogP contribution is 2.24. The quantitative estimate of drug-likeness (QED) is 0.719. The number of benzene rings is 1. The van der Waals surface area contributed by atoms with Crippen LogP contribution in [0.3, 0.4) is 0 Å². The highest BCUT2D eigenvalue weighted by atomic mass is 16.3. The van der Waals surface area contributed by atoms with Gasteiger partial charge in [0, 0.05) is 12.1 Å². The first-order chi connectivity index (χ1) is 9.40. The minimum Gasteiger partial charge on any atom is -0.395 e. The van der Waals surface area contributed by atoms with Crippen molar-refractivity contribution in [3.05, 3.63) is 34.9 Å². The fourth-order valence-corrected chi connectivity index (χ4v) is 2.38. The fourth-order valence-electron chi connectivity index (χ4n) is 2.38. The van der Waals surface area contributed by atoms with E-state index < -0.39 is 6.10 Å². The summed E-state index contributed by atoms with van der Waals surface area (Å²) in [5.41, 5.74) is 3.36. The van der Waals surface area contributed by atoms with E-state index in [2.05, 4.69) is 45.1 Å². The van der Waals surface area contributed by atoms with Gasteiger partial charge in [0.1, 0.15) is 0 Å². The highest BCUT2D eigenvalue weighted by molar-refractivity contribution is 5.31. The van der Waals surface area contributed by atoms with E-state index >= 15 is 0 Å². The zero-order valence-corrected chi connectivity index (χ0v) is 13.4. The first kappa shape index (κ1) is 17.2. The average molecular weight is 279 g/mol. The molecule has 20 heavy (non-hydrogen) atoms. The van der Waals surface area contributed by atoms with E-state index in [0.717, 1.165) is 12.0 Å². The fraction of sp³-hybridized carbons (Fsp3) is 0.647. The van der Waals surface area contributed by atoms with Gasteiger partial charge >= 0.3 is 0 Å². The molecule has 3 N–H and O–H groups in total. The third-order valence-corrected chi connectivity index (χ3v) is 4.07. The second kappa shape index (κ2) is 7.77.